The fraction of sp³-hybridized carbons (Fsp3) is 0.600. The quantitative estimate of drug-likeness (QED) is 0.803. The Morgan fingerprint density at radius 2 is 2.06 bits per heavy atom. The third kappa shape index (κ3) is 3.16. The predicted molar refractivity (Wildman–Crippen MR) is 71.1 cm³/mol. The van der Waals surface area contributed by atoms with Crippen molar-refractivity contribution in [2.75, 3.05) is 13.7 Å². The van der Waals surface area contributed by atoms with Crippen molar-refractivity contribution in [3.05, 3.63) is 23.8 Å². The monoisotopic (exact) mass is 247 g/mol. The lowest BCUT2D eigenvalue weighted by Gasteiger charge is -2.13. The Hall–Kier alpha value is -1.22. The number of hydrogen-bond donors (Lipinski definition) is 1. The van der Waals surface area contributed by atoms with Crippen molar-refractivity contribution in [3.8, 4) is 11.5 Å². The molecule has 0 aromatic heterocycles. The van der Waals surface area contributed by atoms with Crippen LogP contribution in [0.15, 0.2) is 18.2 Å². The number of ether oxygens (including phenoxy) is 2. The Kier molecular flexibility index (Phi) is 3.41. The first-order valence-electron chi connectivity index (χ1n) is 6.88. The van der Waals surface area contributed by atoms with Crippen LogP contribution >= 0.6 is 0 Å². The predicted octanol–water partition coefficient (Wildman–Crippen LogP) is 2.74. The molecule has 0 amide bonds. The zero-order chi connectivity index (χ0) is 12.4. The second-order valence-corrected chi connectivity index (χ2v) is 5.38. The number of rotatable bonds is 7. The third-order valence-corrected chi connectivity index (χ3v) is 3.60. The number of methoxy groups -OCH3 is 1. The molecule has 2 fully saturated rings. The highest BCUT2D eigenvalue weighted by Crippen LogP contribution is 2.31. The van der Waals surface area contributed by atoms with Gasteiger partial charge in [-0.25, -0.2) is 0 Å². The number of nitrogens with one attached hydrogen (secondary N) is 1. The van der Waals surface area contributed by atoms with E-state index in [4.69, 9.17) is 9.47 Å². The van der Waals surface area contributed by atoms with Gasteiger partial charge < -0.3 is 14.8 Å². The second kappa shape index (κ2) is 5.19. The van der Waals surface area contributed by atoms with Crippen molar-refractivity contribution >= 4 is 0 Å². The SMILES string of the molecule is COc1ccc(OCC2CC2)c(CNC2CC2)c1. The molecule has 0 aliphatic heterocycles. The molecule has 98 valence electrons. The highest BCUT2D eigenvalue weighted by Gasteiger charge is 2.23. The summed E-state index contributed by atoms with van der Waals surface area (Å²) >= 11 is 0. The van der Waals surface area contributed by atoms with E-state index in [1.165, 1.54) is 31.2 Å². The van der Waals surface area contributed by atoms with Crippen LogP contribution in [0.3, 0.4) is 0 Å². The van der Waals surface area contributed by atoms with Crippen LogP contribution in [-0.2, 0) is 6.54 Å². The van der Waals surface area contributed by atoms with Crippen LogP contribution in [-0.4, -0.2) is 19.8 Å². The molecular formula is C15H21NO2. The van der Waals surface area contributed by atoms with E-state index in [1.807, 2.05) is 12.1 Å². The molecule has 0 bridgehead atoms. The lowest BCUT2D eigenvalue weighted by Crippen LogP contribution is -2.16. The molecule has 0 heterocycles. The molecule has 0 radical (unpaired) electrons. The standard InChI is InChI=1S/C15H21NO2/c1-17-14-6-7-15(18-10-11-2-3-11)12(8-14)9-16-13-4-5-13/h6-8,11,13,16H,2-5,9-10H2,1H3. The first kappa shape index (κ1) is 11.8. The molecule has 2 saturated carbocycles. The van der Waals surface area contributed by atoms with E-state index in [-0.39, 0.29) is 0 Å². The Balaban J connectivity index is 1.66. The fourth-order valence-electron chi connectivity index (χ4n) is 2.00. The average molecular weight is 247 g/mol. The Bertz CT molecular complexity index is 411. The van der Waals surface area contributed by atoms with Crippen molar-refractivity contribution in [2.24, 2.45) is 5.92 Å². The maximum atomic E-state index is 5.92. The van der Waals surface area contributed by atoms with E-state index < -0.39 is 0 Å². The minimum Gasteiger partial charge on any atom is -0.497 e. The Morgan fingerprint density at radius 1 is 1.22 bits per heavy atom. The molecule has 18 heavy (non-hydrogen) atoms. The van der Waals surface area contributed by atoms with Crippen molar-refractivity contribution in [1.82, 2.24) is 5.32 Å². The lowest BCUT2D eigenvalue weighted by molar-refractivity contribution is 0.295. The van der Waals surface area contributed by atoms with Gasteiger partial charge in [0.2, 0.25) is 0 Å². The summed E-state index contributed by atoms with van der Waals surface area (Å²) < 4.78 is 11.2. The highest BCUT2D eigenvalue weighted by molar-refractivity contribution is 5.40. The maximum Gasteiger partial charge on any atom is 0.124 e. The molecular weight excluding hydrogens is 226 g/mol. The molecule has 1 aromatic rings. The lowest BCUT2D eigenvalue weighted by atomic mass is 10.2. The van der Waals surface area contributed by atoms with E-state index in [2.05, 4.69) is 11.4 Å². The summed E-state index contributed by atoms with van der Waals surface area (Å²) in [5.41, 5.74) is 1.21. The molecule has 0 spiro atoms. The summed E-state index contributed by atoms with van der Waals surface area (Å²) in [5.74, 6) is 2.70. The van der Waals surface area contributed by atoms with E-state index in [9.17, 15) is 0 Å². The second-order valence-electron chi connectivity index (χ2n) is 5.38. The van der Waals surface area contributed by atoms with Crippen LogP contribution in [0.2, 0.25) is 0 Å². The Morgan fingerprint density at radius 3 is 2.72 bits per heavy atom. The van der Waals surface area contributed by atoms with E-state index in [0.717, 1.165) is 30.6 Å². The normalized spacial score (nSPS) is 18.7. The van der Waals surface area contributed by atoms with Gasteiger partial charge in [0.25, 0.3) is 0 Å². The van der Waals surface area contributed by atoms with Gasteiger partial charge >= 0.3 is 0 Å². The Labute approximate surface area is 108 Å². The van der Waals surface area contributed by atoms with Crippen LogP contribution in [0, 0.1) is 5.92 Å². The van der Waals surface area contributed by atoms with Gasteiger partial charge in [0.15, 0.2) is 0 Å². The summed E-state index contributed by atoms with van der Waals surface area (Å²) in [7, 11) is 1.71. The summed E-state index contributed by atoms with van der Waals surface area (Å²) in [5, 5.41) is 3.53. The minimum atomic E-state index is 0.715. The van der Waals surface area contributed by atoms with Crippen molar-refractivity contribution < 1.29 is 9.47 Å². The van der Waals surface area contributed by atoms with Gasteiger partial charge in [-0.15, -0.1) is 0 Å². The molecule has 2 aliphatic carbocycles. The molecule has 0 unspecified atom stereocenters. The van der Waals surface area contributed by atoms with E-state index >= 15 is 0 Å². The van der Waals surface area contributed by atoms with Crippen LogP contribution in [0.4, 0.5) is 0 Å². The first-order chi connectivity index (χ1) is 8.85. The molecule has 1 N–H and O–H groups in total. The molecule has 3 rings (SSSR count). The van der Waals surface area contributed by atoms with Gasteiger partial charge in [0, 0.05) is 18.2 Å². The highest BCUT2D eigenvalue weighted by atomic mass is 16.5. The zero-order valence-corrected chi connectivity index (χ0v) is 10.9. The summed E-state index contributed by atoms with van der Waals surface area (Å²) in [4.78, 5) is 0. The topological polar surface area (TPSA) is 30.5 Å². The van der Waals surface area contributed by atoms with E-state index in [1.54, 1.807) is 7.11 Å². The average Bonchev–Trinajstić information content (AvgIpc) is 3.28. The van der Waals surface area contributed by atoms with Crippen molar-refractivity contribution in [1.29, 1.82) is 0 Å². The maximum absolute atomic E-state index is 5.92. The van der Waals surface area contributed by atoms with Gasteiger partial charge in [-0.1, -0.05) is 0 Å². The van der Waals surface area contributed by atoms with Crippen LogP contribution in [0.25, 0.3) is 0 Å². The molecule has 0 atom stereocenters. The number of hydrogen-bond acceptors (Lipinski definition) is 3. The van der Waals surface area contributed by atoms with Gasteiger partial charge in [-0.2, -0.15) is 0 Å². The molecule has 0 saturated heterocycles. The zero-order valence-electron chi connectivity index (χ0n) is 10.9. The van der Waals surface area contributed by atoms with Crippen LogP contribution in [0.5, 0.6) is 11.5 Å². The molecule has 2 aliphatic rings. The van der Waals surface area contributed by atoms with Crippen LogP contribution < -0.4 is 14.8 Å². The van der Waals surface area contributed by atoms with Crippen LogP contribution in [0.1, 0.15) is 31.2 Å². The van der Waals surface area contributed by atoms with Gasteiger partial charge in [0.05, 0.1) is 13.7 Å². The molecule has 3 heteroatoms. The van der Waals surface area contributed by atoms with Gasteiger partial charge in [-0.3, -0.25) is 0 Å². The van der Waals surface area contributed by atoms with Gasteiger partial charge in [-0.05, 0) is 49.8 Å². The smallest absolute Gasteiger partial charge is 0.124 e. The van der Waals surface area contributed by atoms with E-state index in [0.29, 0.717) is 6.04 Å². The molecule has 1 aromatic carbocycles. The molecule has 3 nitrogen and oxygen atoms in total. The summed E-state index contributed by atoms with van der Waals surface area (Å²) in [6, 6.07) is 6.80. The van der Waals surface area contributed by atoms with Gasteiger partial charge in [0.1, 0.15) is 11.5 Å². The van der Waals surface area contributed by atoms with Crippen molar-refractivity contribution in [3.63, 3.8) is 0 Å². The minimum absolute atomic E-state index is 0.715. The third-order valence-electron chi connectivity index (χ3n) is 3.60. The summed E-state index contributed by atoms with van der Waals surface area (Å²) in [6.07, 6.45) is 5.27. The first-order valence-corrected chi connectivity index (χ1v) is 6.88. The van der Waals surface area contributed by atoms with Crippen molar-refractivity contribution in [2.45, 2.75) is 38.3 Å². The largest absolute Gasteiger partial charge is 0.497 e. The summed E-state index contributed by atoms with van der Waals surface area (Å²) in [6.45, 7) is 1.74. The fourth-order valence-corrected chi connectivity index (χ4v) is 2.00. The number of benzene rings is 1.